The first-order valence-electron chi connectivity index (χ1n) is 7.47. The van der Waals surface area contributed by atoms with Gasteiger partial charge in [0.2, 0.25) is 0 Å². The Balaban J connectivity index is 1.85. The summed E-state index contributed by atoms with van der Waals surface area (Å²) >= 11 is 5.41. The van der Waals surface area contributed by atoms with Crippen LogP contribution in [0.1, 0.15) is 30.9 Å². The molecule has 1 aromatic rings. The molecular weight excluding hydrogens is 266 g/mol. The van der Waals surface area contributed by atoms with Crippen LogP contribution in [-0.4, -0.2) is 35.7 Å². The number of nitrogens with one attached hydrogen (secondary N) is 2. The van der Waals surface area contributed by atoms with Gasteiger partial charge in [-0.1, -0.05) is 19.1 Å². The van der Waals surface area contributed by atoms with E-state index in [1.807, 2.05) is 0 Å². The normalized spacial score (nSPS) is 19.1. The van der Waals surface area contributed by atoms with E-state index in [-0.39, 0.29) is 0 Å². The van der Waals surface area contributed by atoms with E-state index in [9.17, 15) is 0 Å². The van der Waals surface area contributed by atoms with Gasteiger partial charge in [0.05, 0.1) is 0 Å². The van der Waals surface area contributed by atoms with Gasteiger partial charge in [0.25, 0.3) is 0 Å². The molecule has 1 aliphatic heterocycles. The SMILES string of the molecule is CCN1CCC[C@H]1CNC(=S)Nc1cccc(C)c1C. The first kappa shape index (κ1) is 15.3. The highest BCUT2D eigenvalue weighted by Crippen LogP contribution is 2.18. The topological polar surface area (TPSA) is 27.3 Å². The van der Waals surface area contributed by atoms with Crippen molar-refractivity contribution in [3.05, 3.63) is 29.3 Å². The van der Waals surface area contributed by atoms with Gasteiger partial charge in [0.1, 0.15) is 0 Å². The third-order valence-corrected chi connectivity index (χ3v) is 4.50. The molecule has 0 unspecified atom stereocenters. The Morgan fingerprint density at radius 3 is 2.95 bits per heavy atom. The summed E-state index contributed by atoms with van der Waals surface area (Å²) < 4.78 is 0. The number of likely N-dealkylation sites (tertiary alicyclic amines) is 1. The van der Waals surface area contributed by atoms with Crippen LogP contribution in [0.2, 0.25) is 0 Å². The van der Waals surface area contributed by atoms with Crippen LogP contribution in [0.5, 0.6) is 0 Å². The monoisotopic (exact) mass is 291 g/mol. The molecule has 20 heavy (non-hydrogen) atoms. The number of rotatable bonds is 4. The second-order valence-electron chi connectivity index (χ2n) is 5.51. The molecule has 0 radical (unpaired) electrons. The molecule has 4 heteroatoms. The van der Waals surface area contributed by atoms with Crippen molar-refractivity contribution in [1.29, 1.82) is 0 Å². The number of anilines is 1. The molecule has 1 aliphatic rings. The van der Waals surface area contributed by atoms with Crippen molar-refractivity contribution in [2.45, 2.75) is 39.7 Å². The zero-order chi connectivity index (χ0) is 14.5. The first-order valence-corrected chi connectivity index (χ1v) is 7.87. The van der Waals surface area contributed by atoms with Crippen LogP contribution in [0.15, 0.2) is 18.2 Å². The van der Waals surface area contributed by atoms with E-state index < -0.39 is 0 Å². The molecule has 3 nitrogen and oxygen atoms in total. The van der Waals surface area contributed by atoms with Gasteiger partial charge in [-0.15, -0.1) is 0 Å². The van der Waals surface area contributed by atoms with E-state index in [2.05, 4.69) is 54.5 Å². The smallest absolute Gasteiger partial charge is 0.170 e. The Labute approximate surface area is 127 Å². The van der Waals surface area contributed by atoms with E-state index >= 15 is 0 Å². The van der Waals surface area contributed by atoms with Gasteiger partial charge in [-0.3, -0.25) is 4.90 Å². The Morgan fingerprint density at radius 2 is 2.20 bits per heavy atom. The number of aryl methyl sites for hydroxylation is 1. The summed E-state index contributed by atoms with van der Waals surface area (Å²) in [7, 11) is 0. The number of likely N-dealkylation sites (N-methyl/N-ethyl adjacent to an activating group) is 1. The van der Waals surface area contributed by atoms with Crippen LogP contribution in [0, 0.1) is 13.8 Å². The molecule has 0 aromatic heterocycles. The van der Waals surface area contributed by atoms with Gasteiger partial charge in [0, 0.05) is 18.3 Å². The number of hydrogen-bond donors (Lipinski definition) is 2. The molecule has 1 heterocycles. The van der Waals surface area contributed by atoms with Gasteiger partial charge >= 0.3 is 0 Å². The summed E-state index contributed by atoms with van der Waals surface area (Å²) in [6, 6.07) is 6.88. The molecule has 0 bridgehead atoms. The van der Waals surface area contributed by atoms with Crippen molar-refractivity contribution in [2.24, 2.45) is 0 Å². The van der Waals surface area contributed by atoms with Gasteiger partial charge in [0.15, 0.2) is 5.11 Å². The van der Waals surface area contributed by atoms with E-state index in [4.69, 9.17) is 12.2 Å². The second-order valence-corrected chi connectivity index (χ2v) is 5.92. The van der Waals surface area contributed by atoms with Crippen molar-refractivity contribution < 1.29 is 0 Å². The molecule has 0 saturated carbocycles. The highest BCUT2D eigenvalue weighted by atomic mass is 32.1. The quantitative estimate of drug-likeness (QED) is 0.834. The largest absolute Gasteiger partial charge is 0.361 e. The highest BCUT2D eigenvalue weighted by molar-refractivity contribution is 7.80. The second kappa shape index (κ2) is 7.04. The maximum absolute atomic E-state index is 5.41. The zero-order valence-corrected chi connectivity index (χ0v) is 13.5. The molecule has 0 aliphatic carbocycles. The number of hydrogen-bond acceptors (Lipinski definition) is 2. The van der Waals surface area contributed by atoms with E-state index in [0.717, 1.165) is 23.9 Å². The fourth-order valence-electron chi connectivity index (χ4n) is 2.81. The summed E-state index contributed by atoms with van der Waals surface area (Å²) in [5.74, 6) is 0. The van der Waals surface area contributed by atoms with Crippen LogP contribution in [0.3, 0.4) is 0 Å². The molecule has 1 saturated heterocycles. The minimum Gasteiger partial charge on any atom is -0.361 e. The van der Waals surface area contributed by atoms with Crippen LogP contribution in [-0.2, 0) is 0 Å². The Bertz CT molecular complexity index is 473. The summed E-state index contributed by atoms with van der Waals surface area (Å²) in [5, 5.41) is 7.40. The molecule has 2 rings (SSSR count). The van der Waals surface area contributed by atoms with Crippen LogP contribution >= 0.6 is 12.2 Å². The summed E-state index contributed by atoms with van der Waals surface area (Å²) in [4.78, 5) is 2.52. The molecule has 0 amide bonds. The van der Waals surface area contributed by atoms with Crippen molar-refractivity contribution in [3.8, 4) is 0 Å². The maximum atomic E-state index is 5.41. The van der Waals surface area contributed by atoms with Crippen LogP contribution < -0.4 is 10.6 Å². The van der Waals surface area contributed by atoms with Crippen molar-refractivity contribution in [2.75, 3.05) is 25.0 Å². The fraction of sp³-hybridized carbons (Fsp3) is 0.562. The van der Waals surface area contributed by atoms with Crippen molar-refractivity contribution in [1.82, 2.24) is 10.2 Å². The molecule has 0 spiro atoms. The predicted molar refractivity (Wildman–Crippen MR) is 90.4 cm³/mol. The van der Waals surface area contributed by atoms with Crippen molar-refractivity contribution in [3.63, 3.8) is 0 Å². The minimum atomic E-state index is 0.623. The average Bonchev–Trinajstić information content (AvgIpc) is 2.89. The summed E-state index contributed by atoms with van der Waals surface area (Å²) in [6.07, 6.45) is 2.57. The minimum absolute atomic E-state index is 0.623. The fourth-order valence-corrected chi connectivity index (χ4v) is 3.00. The molecular formula is C16H25N3S. The van der Waals surface area contributed by atoms with Gasteiger partial charge < -0.3 is 10.6 Å². The van der Waals surface area contributed by atoms with Crippen LogP contribution in [0.4, 0.5) is 5.69 Å². The summed E-state index contributed by atoms with van der Waals surface area (Å²) in [6.45, 7) is 9.75. The Kier molecular flexibility index (Phi) is 5.38. The van der Waals surface area contributed by atoms with Gasteiger partial charge in [-0.25, -0.2) is 0 Å². The van der Waals surface area contributed by atoms with Gasteiger partial charge in [-0.05, 0) is 69.2 Å². The lowest BCUT2D eigenvalue weighted by atomic mass is 10.1. The Hall–Kier alpha value is -1.13. The molecule has 2 N–H and O–H groups in total. The number of benzene rings is 1. The van der Waals surface area contributed by atoms with E-state index in [0.29, 0.717) is 6.04 Å². The third-order valence-electron chi connectivity index (χ3n) is 4.26. The maximum Gasteiger partial charge on any atom is 0.170 e. The van der Waals surface area contributed by atoms with Crippen LogP contribution in [0.25, 0.3) is 0 Å². The highest BCUT2D eigenvalue weighted by Gasteiger charge is 2.22. The standard InChI is InChI=1S/C16H25N3S/c1-4-19-10-6-8-14(19)11-17-16(20)18-15-9-5-7-12(2)13(15)3/h5,7,9,14H,4,6,8,10-11H2,1-3H3,(H2,17,18,20)/t14-/m0/s1. The lowest BCUT2D eigenvalue weighted by Crippen LogP contribution is -2.41. The number of nitrogens with zero attached hydrogens (tertiary/aromatic N) is 1. The third kappa shape index (κ3) is 3.70. The molecule has 1 aromatic carbocycles. The first-order chi connectivity index (χ1) is 9.61. The summed E-state index contributed by atoms with van der Waals surface area (Å²) in [5.41, 5.74) is 3.64. The Morgan fingerprint density at radius 1 is 1.40 bits per heavy atom. The van der Waals surface area contributed by atoms with E-state index in [1.165, 1.54) is 30.5 Å². The average molecular weight is 291 g/mol. The number of thiocarbonyl (C=S) groups is 1. The van der Waals surface area contributed by atoms with E-state index in [1.54, 1.807) is 0 Å². The van der Waals surface area contributed by atoms with Gasteiger partial charge in [-0.2, -0.15) is 0 Å². The van der Waals surface area contributed by atoms with Crippen molar-refractivity contribution >= 4 is 23.0 Å². The zero-order valence-electron chi connectivity index (χ0n) is 12.7. The molecule has 1 atom stereocenters. The predicted octanol–water partition coefficient (Wildman–Crippen LogP) is 3.07. The molecule has 110 valence electrons. The molecule has 1 fully saturated rings. The lowest BCUT2D eigenvalue weighted by molar-refractivity contribution is 0.267. The lowest BCUT2D eigenvalue weighted by Gasteiger charge is -2.24.